The molecule has 1 fully saturated rings. The third-order valence-corrected chi connectivity index (χ3v) is 4.75. The summed E-state index contributed by atoms with van der Waals surface area (Å²) >= 11 is 0. The number of hydrogen-bond acceptors (Lipinski definition) is 5. The molecule has 0 radical (unpaired) electrons. The maximum Gasteiger partial charge on any atom is 0.261 e. The first-order chi connectivity index (χ1) is 9.76. The molecule has 0 aromatic heterocycles. The van der Waals surface area contributed by atoms with E-state index in [1.54, 1.807) is 6.92 Å². The number of hydrogen-bond donors (Lipinski definition) is 1. The van der Waals surface area contributed by atoms with Gasteiger partial charge in [0.15, 0.2) is 0 Å². The monoisotopic (exact) mass is 333 g/mol. The van der Waals surface area contributed by atoms with Gasteiger partial charge in [0.1, 0.15) is 11.4 Å². The average molecular weight is 334 g/mol. The Kier molecular flexibility index (Phi) is 4.46. The second-order valence-corrected chi connectivity index (χ2v) is 7.50. The lowest BCUT2D eigenvalue weighted by atomic mass is 10.0. The van der Waals surface area contributed by atoms with Gasteiger partial charge >= 0.3 is 0 Å². The Hall–Kier alpha value is -1.31. The zero-order valence-electron chi connectivity index (χ0n) is 11.7. The molecule has 116 valence electrons. The predicted octanol–water partition coefficient (Wildman–Crippen LogP) is 2.13. The van der Waals surface area contributed by atoms with Crippen LogP contribution in [0.5, 0.6) is 5.75 Å². The summed E-state index contributed by atoms with van der Waals surface area (Å²) in [5, 5.41) is 2.64. The van der Waals surface area contributed by atoms with E-state index in [1.165, 1.54) is 25.3 Å². The van der Waals surface area contributed by atoms with Crippen LogP contribution in [0.4, 0.5) is 5.69 Å². The van der Waals surface area contributed by atoms with Crippen LogP contribution in [0.25, 0.3) is 0 Å². The fraction of sp³-hybridized carbons (Fsp3) is 0.462. The van der Waals surface area contributed by atoms with Crippen LogP contribution in [-0.2, 0) is 18.6 Å². The number of rotatable bonds is 4. The van der Waals surface area contributed by atoms with Crippen LogP contribution >= 0.6 is 10.7 Å². The third kappa shape index (κ3) is 3.48. The highest BCUT2D eigenvalue weighted by atomic mass is 35.7. The Bertz CT molecular complexity index is 653. The lowest BCUT2D eigenvalue weighted by molar-refractivity contribution is -0.133. The zero-order valence-corrected chi connectivity index (χ0v) is 13.3. The molecule has 1 aromatic carbocycles. The van der Waals surface area contributed by atoms with Crippen LogP contribution in [-0.4, -0.2) is 33.6 Å². The summed E-state index contributed by atoms with van der Waals surface area (Å²) in [6.07, 6.45) is 1.41. The molecule has 6 nitrogen and oxygen atoms in total. The van der Waals surface area contributed by atoms with Gasteiger partial charge < -0.3 is 14.8 Å². The molecule has 0 spiro atoms. The maximum atomic E-state index is 12.3. The van der Waals surface area contributed by atoms with Crippen molar-refractivity contribution in [2.45, 2.75) is 30.3 Å². The minimum Gasteiger partial charge on any atom is -0.495 e. The first-order valence-electron chi connectivity index (χ1n) is 6.34. The van der Waals surface area contributed by atoms with Crippen molar-refractivity contribution in [3.63, 3.8) is 0 Å². The van der Waals surface area contributed by atoms with E-state index in [9.17, 15) is 13.2 Å². The number of nitrogens with one attached hydrogen (secondary N) is 1. The molecule has 1 atom stereocenters. The molecule has 1 aliphatic heterocycles. The van der Waals surface area contributed by atoms with Crippen molar-refractivity contribution in [1.29, 1.82) is 0 Å². The van der Waals surface area contributed by atoms with Crippen molar-refractivity contribution in [1.82, 2.24) is 0 Å². The summed E-state index contributed by atoms with van der Waals surface area (Å²) in [4.78, 5) is 12.2. The van der Waals surface area contributed by atoms with E-state index in [0.717, 1.165) is 6.42 Å². The number of carbonyl (C=O) groups excluding carboxylic acids is 1. The highest BCUT2D eigenvalue weighted by molar-refractivity contribution is 8.13. The second kappa shape index (κ2) is 5.82. The quantitative estimate of drug-likeness (QED) is 0.854. The summed E-state index contributed by atoms with van der Waals surface area (Å²) in [7, 11) is 2.85. The van der Waals surface area contributed by atoms with E-state index < -0.39 is 14.7 Å². The van der Waals surface area contributed by atoms with Crippen molar-refractivity contribution in [3.8, 4) is 5.75 Å². The van der Waals surface area contributed by atoms with Crippen molar-refractivity contribution in [3.05, 3.63) is 18.2 Å². The fourth-order valence-corrected chi connectivity index (χ4v) is 2.93. The van der Waals surface area contributed by atoms with Gasteiger partial charge in [0.2, 0.25) is 0 Å². The van der Waals surface area contributed by atoms with Crippen LogP contribution in [0.2, 0.25) is 0 Å². The standard InChI is InChI=1S/C13H16ClNO5S/c1-13(6-3-7-20-13)12(16)15-10-8-9(21(14,17)18)4-5-11(10)19-2/h4-5,8H,3,6-7H2,1-2H3,(H,15,16). The summed E-state index contributed by atoms with van der Waals surface area (Å²) in [6.45, 7) is 2.22. The lowest BCUT2D eigenvalue weighted by Crippen LogP contribution is -2.39. The van der Waals surface area contributed by atoms with E-state index in [4.69, 9.17) is 20.2 Å². The predicted molar refractivity (Wildman–Crippen MR) is 78.3 cm³/mol. The lowest BCUT2D eigenvalue weighted by Gasteiger charge is -2.22. The van der Waals surface area contributed by atoms with Crippen LogP contribution in [0.3, 0.4) is 0 Å². The van der Waals surface area contributed by atoms with Crippen LogP contribution in [0.1, 0.15) is 19.8 Å². The minimum absolute atomic E-state index is 0.113. The zero-order chi connectivity index (χ0) is 15.7. The van der Waals surface area contributed by atoms with Gasteiger partial charge in [-0.1, -0.05) is 0 Å². The molecule has 1 aromatic rings. The summed E-state index contributed by atoms with van der Waals surface area (Å²) in [5.74, 6) is -0.00330. The summed E-state index contributed by atoms with van der Waals surface area (Å²) < 4.78 is 33.3. The molecular formula is C13H16ClNO5S. The van der Waals surface area contributed by atoms with Gasteiger partial charge in [-0.2, -0.15) is 0 Å². The Morgan fingerprint density at radius 2 is 2.19 bits per heavy atom. The van der Waals surface area contributed by atoms with Gasteiger partial charge in [-0.05, 0) is 38.0 Å². The van der Waals surface area contributed by atoms with Crippen molar-refractivity contribution >= 4 is 31.3 Å². The van der Waals surface area contributed by atoms with Crippen molar-refractivity contribution in [2.24, 2.45) is 0 Å². The molecule has 0 bridgehead atoms. The van der Waals surface area contributed by atoms with Crippen molar-refractivity contribution < 1.29 is 22.7 Å². The first kappa shape index (κ1) is 16.1. The van der Waals surface area contributed by atoms with Crippen LogP contribution in [0, 0.1) is 0 Å². The largest absolute Gasteiger partial charge is 0.495 e. The molecule has 0 aliphatic carbocycles. The van der Waals surface area contributed by atoms with Gasteiger partial charge in [-0.3, -0.25) is 4.79 Å². The van der Waals surface area contributed by atoms with Crippen molar-refractivity contribution in [2.75, 3.05) is 19.0 Å². The maximum absolute atomic E-state index is 12.3. The van der Waals surface area contributed by atoms with Gasteiger partial charge in [0, 0.05) is 17.3 Å². The third-order valence-electron chi connectivity index (χ3n) is 3.40. The van der Waals surface area contributed by atoms with E-state index in [-0.39, 0.29) is 16.5 Å². The molecule has 1 aliphatic rings. The first-order valence-corrected chi connectivity index (χ1v) is 8.65. The summed E-state index contributed by atoms with van der Waals surface area (Å²) in [6, 6.07) is 4.00. The Balaban J connectivity index is 2.31. The number of ether oxygens (including phenoxy) is 2. The SMILES string of the molecule is COc1ccc(S(=O)(=O)Cl)cc1NC(=O)C1(C)CCCO1. The molecule has 0 saturated carbocycles. The molecule has 1 N–H and O–H groups in total. The van der Waals surface area contributed by atoms with Crippen LogP contribution < -0.4 is 10.1 Å². The van der Waals surface area contributed by atoms with Gasteiger partial charge in [0.05, 0.1) is 17.7 Å². The molecule has 8 heteroatoms. The molecule has 1 unspecified atom stereocenters. The summed E-state index contributed by atoms with van der Waals surface area (Å²) in [5.41, 5.74) is -0.679. The Morgan fingerprint density at radius 3 is 2.71 bits per heavy atom. The van der Waals surface area contributed by atoms with E-state index in [0.29, 0.717) is 18.8 Å². The number of carbonyl (C=O) groups is 1. The number of amides is 1. The minimum atomic E-state index is -3.89. The Morgan fingerprint density at radius 1 is 1.48 bits per heavy atom. The van der Waals surface area contributed by atoms with E-state index >= 15 is 0 Å². The number of benzene rings is 1. The average Bonchev–Trinajstić information content (AvgIpc) is 2.86. The number of halogens is 1. The van der Waals surface area contributed by atoms with Gasteiger partial charge in [0.25, 0.3) is 15.0 Å². The Labute approximate surface area is 127 Å². The fourth-order valence-electron chi connectivity index (χ4n) is 2.15. The second-order valence-electron chi connectivity index (χ2n) is 4.94. The molecule has 21 heavy (non-hydrogen) atoms. The molecule has 1 heterocycles. The number of methoxy groups -OCH3 is 1. The topological polar surface area (TPSA) is 81.7 Å². The van der Waals surface area contributed by atoms with E-state index in [2.05, 4.69) is 5.32 Å². The normalized spacial score (nSPS) is 22.0. The molecular weight excluding hydrogens is 318 g/mol. The van der Waals surface area contributed by atoms with Gasteiger partial charge in [-0.25, -0.2) is 8.42 Å². The highest BCUT2D eigenvalue weighted by Gasteiger charge is 2.38. The van der Waals surface area contributed by atoms with E-state index in [1.807, 2.05) is 0 Å². The van der Waals surface area contributed by atoms with Gasteiger partial charge in [-0.15, -0.1) is 0 Å². The molecule has 1 saturated heterocycles. The number of anilines is 1. The van der Waals surface area contributed by atoms with Crippen LogP contribution in [0.15, 0.2) is 23.1 Å². The molecule has 2 rings (SSSR count). The molecule has 1 amide bonds. The highest BCUT2D eigenvalue weighted by Crippen LogP contribution is 2.32. The smallest absolute Gasteiger partial charge is 0.261 e.